The van der Waals surface area contributed by atoms with Crippen LogP contribution in [-0.2, 0) is 14.3 Å². The molecule has 1 fully saturated rings. The van der Waals surface area contributed by atoms with Crippen LogP contribution in [0.1, 0.15) is 27.2 Å². The lowest BCUT2D eigenvalue weighted by Crippen LogP contribution is -2.42. The number of alkyl carbamates (subject to hydrolysis) is 1. The Labute approximate surface area is 107 Å². The third kappa shape index (κ3) is 4.91. The van der Waals surface area contributed by atoms with Gasteiger partial charge in [0.05, 0.1) is 12.5 Å². The van der Waals surface area contributed by atoms with Crippen LogP contribution in [0.5, 0.6) is 0 Å². The van der Waals surface area contributed by atoms with E-state index in [1.807, 2.05) is 0 Å². The van der Waals surface area contributed by atoms with Crippen LogP contribution in [0.3, 0.4) is 0 Å². The summed E-state index contributed by atoms with van der Waals surface area (Å²) >= 11 is 0. The smallest absolute Gasteiger partial charge is 0.407 e. The number of carboxylic acid groups (broad SMARTS) is 1. The highest BCUT2D eigenvalue weighted by Gasteiger charge is 2.32. The fourth-order valence-corrected chi connectivity index (χ4v) is 1.83. The summed E-state index contributed by atoms with van der Waals surface area (Å²) in [6.07, 6.45) is 0.116. The van der Waals surface area contributed by atoms with Crippen LogP contribution < -0.4 is 5.32 Å². The van der Waals surface area contributed by atoms with E-state index < -0.39 is 23.6 Å². The van der Waals surface area contributed by atoms with Crippen LogP contribution in [0.15, 0.2) is 0 Å². The maximum atomic E-state index is 11.5. The van der Waals surface area contributed by atoms with Crippen molar-refractivity contribution in [2.75, 3.05) is 19.8 Å². The topological polar surface area (TPSA) is 84.9 Å². The van der Waals surface area contributed by atoms with Gasteiger partial charge in [-0.2, -0.15) is 0 Å². The maximum Gasteiger partial charge on any atom is 0.407 e. The lowest BCUT2D eigenvalue weighted by Gasteiger charge is -2.29. The summed E-state index contributed by atoms with van der Waals surface area (Å²) < 4.78 is 10.2. The molecule has 0 radical (unpaired) electrons. The van der Waals surface area contributed by atoms with Crippen LogP contribution in [0.2, 0.25) is 0 Å². The molecule has 2 atom stereocenters. The Bertz CT molecular complexity index is 310. The standard InChI is InChI=1S/C12H21NO5/c1-12(2,3)18-11(16)13-6-8-4-5-17-7-9(8)10(14)15/h8-9H,4-7H2,1-3H3,(H,13,16)(H,14,15)/t8-,9-/m0/s1. The predicted molar refractivity (Wildman–Crippen MR) is 64.3 cm³/mol. The number of amides is 1. The summed E-state index contributed by atoms with van der Waals surface area (Å²) in [6, 6.07) is 0. The van der Waals surface area contributed by atoms with Gasteiger partial charge in [0, 0.05) is 13.2 Å². The van der Waals surface area contributed by atoms with Gasteiger partial charge in [0.15, 0.2) is 0 Å². The molecule has 1 aliphatic rings. The van der Waals surface area contributed by atoms with Gasteiger partial charge >= 0.3 is 12.1 Å². The summed E-state index contributed by atoms with van der Waals surface area (Å²) in [7, 11) is 0. The van der Waals surface area contributed by atoms with E-state index in [2.05, 4.69) is 5.32 Å². The first kappa shape index (κ1) is 14.8. The zero-order chi connectivity index (χ0) is 13.8. The molecule has 6 nitrogen and oxygen atoms in total. The second kappa shape index (κ2) is 6.04. The molecule has 0 aromatic carbocycles. The van der Waals surface area contributed by atoms with E-state index in [1.165, 1.54) is 0 Å². The molecule has 1 amide bonds. The molecular weight excluding hydrogens is 238 g/mol. The fraction of sp³-hybridized carbons (Fsp3) is 0.833. The van der Waals surface area contributed by atoms with Gasteiger partial charge in [-0.05, 0) is 33.1 Å². The van der Waals surface area contributed by atoms with Crippen molar-refractivity contribution in [3.8, 4) is 0 Å². The van der Waals surface area contributed by atoms with E-state index in [9.17, 15) is 9.59 Å². The van der Waals surface area contributed by atoms with Crippen molar-refractivity contribution in [2.45, 2.75) is 32.8 Å². The minimum atomic E-state index is -0.884. The molecule has 1 aliphatic heterocycles. The van der Waals surface area contributed by atoms with Gasteiger partial charge in [0.1, 0.15) is 5.60 Å². The van der Waals surface area contributed by atoms with Crippen LogP contribution in [0.25, 0.3) is 0 Å². The van der Waals surface area contributed by atoms with E-state index in [-0.39, 0.29) is 12.5 Å². The fourth-order valence-electron chi connectivity index (χ4n) is 1.83. The molecule has 0 saturated carbocycles. The third-order valence-corrected chi connectivity index (χ3v) is 2.72. The summed E-state index contributed by atoms with van der Waals surface area (Å²) in [5.74, 6) is -1.55. The first-order valence-electron chi connectivity index (χ1n) is 6.07. The first-order valence-corrected chi connectivity index (χ1v) is 6.07. The van der Waals surface area contributed by atoms with Gasteiger partial charge in [-0.1, -0.05) is 0 Å². The van der Waals surface area contributed by atoms with Gasteiger partial charge in [0.2, 0.25) is 0 Å². The second-order valence-electron chi connectivity index (χ2n) is 5.45. The quantitative estimate of drug-likeness (QED) is 0.796. The molecular formula is C12H21NO5. The predicted octanol–water partition coefficient (Wildman–Crippen LogP) is 1.25. The van der Waals surface area contributed by atoms with Gasteiger partial charge in [-0.15, -0.1) is 0 Å². The Kier molecular flexibility index (Phi) is 4.95. The molecule has 0 aromatic heterocycles. The zero-order valence-corrected chi connectivity index (χ0v) is 11.1. The Morgan fingerprint density at radius 2 is 2.11 bits per heavy atom. The van der Waals surface area contributed by atoms with Crippen molar-refractivity contribution >= 4 is 12.1 Å². The number of nitrogens with one attached hydrogen (secondary N) is 1. The lowest BCUT2D eigenvalue weighted by molar-refractivity contribution is -0.149. The van der Waals surface area contributed by atoms with Crippen LogP contribution in [-0.4, -0.2) is 42.5 Å². The number of aliphatic carboxylic acids is 1. The summed E-state index contributed by atoms with van der Waals surface area (Å²) in [5.41, 5.74) is -0.550. The van der Waals surface area contributed by atoms with E-state index in [4.69, 9.17) is 14.6 Å². The van der Waals surface area contributed by atoms with Crippen molar-refractivity contribution < 1.29 is 24.2 Å². The zero-order valence-electron chi connectivity index (χ0n) is 11.1. The minimum absolute atomic E-state index is 0.108. The molecule has 1 heterocycles. The highest BCUT2D eigenvalue weighted by atomic mass is 16.6. The number of hydrogen-bond donors (Lipinski definition) is 2. The number of hydrogen-bond acceptors (Lipinski definition) is 4. The van der Waals surface area contributed by atoms with Gasteiger partial charge in [-0.3, -0.25) is 4.79 Å². The Balaban J connectivity index is 2.41. The van der Waals surface area contributed by atoms with E-state index >= 15 is 0 Å². The number of carbonyl (C=O) groups excluding carboxylic acids is 1. The van der Waals surface area contributed by atoms with Gasteiger partial charge in [-0.25, -0.2) is 4.79 Å². The van der Waals surface area contributed by atoms with E-state index in [0.717, 1.165) is 0 Å². The number of ether oxygens (including phenoxy) is 2. The van der Waals surface area contributed by atoms with Gasteiger partial charge in [0.25, 0.3) is 0 Å². The third-order valence-electron chi connectivity index (χ3n) is 2.72. The van der Waals surface area contributed by atoms with E-state index in [0.29, 0.717) is 19.6 Å². The molecule has 6 heteroatoms. The maximum absolute atomic E-state index is 11.5. The van der Waals surface area contributed by atoms with Crippen LogP contribution in [0, 0.1) is 11.8 Å². The lowest BCUT2D eigenvalue weighted by atomic mass is 9.88. The van der Waals surface area contributed by atoms with Crippen molar-refractivity contribution in [3.05, 3.63) is 0 Å². The second-order valence-corrected chi connectivity index (χ2v) is 5.45. The molecule has 0 unspecified atom stereocenters. The minimum Gasteiger partial charge on any atom is -0.481 e. The van der Waals surface area contributed by atoms with Crippen molar-refractivity contribution in [1.82, 2.24) is 5.32 Å². The average Bonchev–Trinajstić information content (AvgIpc) is 2.24. The largest absolute Gasteiger partial charge is 0.481 e. The molecule has 0 spiro atoms. The Hall–Kier alpha value is -1.30. The molecule has 0 aromatic rings. The van der Waals surface area contributed by atoms with Gasteiger partial charge < -0.3 is 19.9 Å². The highest BCUT2D eigenvalue weighted by molar-refractivity contribution is 5.71. The monoisotopic (exact) mass is 259 g/mol. The summed E-state index contributed by atoms with van der Waals surface area (Å²) in [5, 5.41) is 11.7. The molecule has 1 rings (SSSR count). The molecule has 0 aliphatic carbocycles. The van der Waals surface area contributed by atoms with Crippen molar-refractivity contribution in [1.29, 1.82) is 0 Å². The Morgan fingerprint density at radius 1 is 1.44 bits per heavy atom. The number of rotatable bonds is 3. The molecule has 104 valence electrons. The van der Waals surface area contributed by atoms with Crippen LogP contribution >= 0.6 is 0 Å². The summed E-state index contributed by atoms with van der Waals surface area (Å²) in [6.45, 7) is 6.37. The average molecular weight is 259 g/mol. The normalized spacial score (nSPS) is 24.4. The SMILES string of the molecule is CC(C)(C)OC(=O)NC[C@@H]1CCOC[C@@H]1C(=O)O. The Morgan fingerprint density at radius 3 is 2.67 bits per heavy atom. The van der Waals surface area contributed by atoms with Crippen LogP contribution in [0.4, 0.5) is 4.79 Å². The number of carbonyl (C=O) groups is 2. The molecule has 18 heavy (non-hydrogen) atoms. The van der Waals surface area contributed by atoms with E-state index in [1.54, 1.807) is 20.8 Å². The number of carboxylic acids is 1. The highest BCUT2D eigenvalue weighted by Crippen LogP contribution is 2.21. The summed E-state index contributed by atoms with van der Waals surface area (Å²) in [4.78, 5) is 22.5. The van der Waals surface area contributed by atoms with Crippen molar-refractivity contribution in [3.63, 3.8) is 0 Å². The first-order chi connectivity index (χ1) is 8.29. The molecule has 1 saturated heterocycles. The molecule has 0 bridgehead atoms. The van der Waals surface area contributed by atoms with Crippen molar-refractivity contribution in [2.24, 2.45) is 11.8 Å². The molecule has 2 N–H and O–H groups in total.